The lowest BCUT2D eigenvalue weighted by atomic mass is 10.0. The molecule has 2 aromatic rings. The molecule has 1 atom stereocenters. The fourth-order valence-electron chi connectivity index (χ4n) is 3.51. The average molecular weight is 400 g/mol. The first-order valence-corrected chi connectivity index (χ1v) is 10.3. The van der Waals surface area contributed by atoms with Gasteiger partial charge in [0.1, 0.15) is 6.26 Å². The van der Waals surface area contributed by atoms with Crippen molar-refractivity contribution in [2.45, 2.75) is 33.4 Å². The molecule has 0 spiro atoms. The number of benzene rings is 1. The Morgan fingerprint density at radius 2 is 1.90 bits per heavy atom. The third-order valence-corrected chi connectivity index (χ3v) is 5.27. The number of aryl methyl sites for hydroxylation is 1. The highest BCUT2D eigenvalue weighted by Gasteiger charge is 2.23. The molecule has 1 aliphatic rings. The molecule has 1 aliphatic heterocycles. The standard InChI is InChI=1S/C22H33N5O2/c1-16(2)20(27-9-11-28-12-10-27)14-25-22(23-4)24-13-19-15-29-21(26-19)18-7-5-17(3)6-8-18/h5-8,15-16,20H,9-14H2,1-4H3,(H2,23,24,25). The Bertz CT molecular complexity index is 779. The molecule has 0 saturated carbocycles. The molecule has 7 nitrogen and oxygen atoms in total. The van der Waals surface area contributed by atoms with Crippen molar-refractivity contribution in [1.29, 1.82) is 0 Å². The van der Waals surface area contributed by atoms with Gasteiger partial charge in [-0.05, 0) is 25.0 Å². The number of oxazole rings is 1. The van der Waals surface area contributed by atoms with Crippen molar-refractivity contribution in [3.8, 4) is 11.5 Å². The van der Waals surface area contributed by atoms with E-state index in [1.54, 1.807) is 13.3 Å². The lowest BCUT2D eigenvalue weighted by Crippen LogP contribution is -2.52. The van der Waals surface area contributed by atoms with Crippen LogP contribution in [-0.4, -0.2) is 61.8 Å². The predicted molar refractivity (Wildman–Crippen MR) is 116 cm³/mol. The van der Waals surface area contributed by atoms with Crippen molar-refractivity contribution in [2.24, 2.45) is 10.9 Å². The molecule has 158 valence electrons. The molecular formula is C22H33N5O2. The van der Waals surface area contributed by atoms with E-state index >= 15 is 0 Å². The number of guanidine groups is 1. The maximum Gasteiger partial charge on any atom is 0.226 e. The van der Waals surface area contributed by atoms with Gasteiger partial charge in [-0.2, -0.15) is 0 Å². The molecule has 1 fully saturated rings. The van der Waals surface area contributed by atoms with Crippen molar-refractivity contribution in [3.63, 3.8) is 0 Å². The van der Waals surface area contributed by atoms with Gasteiger partial charge in [-0.25, -0.2) is 4.98 Å². The summed E-state index contributed by atoms with van der Waals surface area (Å²) < 4.78 is 11.1. The molecule has 7 heteroatoms. The topological polar surface area (TPSA) is 74.9 Å². The van der Waals surface area contributed by atoms with Gasteiger partial charge in [0.2, 0.25) is 5.89 Å². The van der Waals surface area contributed by atoms with E-state index < -0.39 is 0 Å². The van der Waals surface area contributed by atoms with Crippen LogP contribution in [0.25, 0.3) is 11.5 Å². The highest BCUT2D eigenvalue weighted by molar-refractivity contribution is 5.79. The summed E-state index contributed by atoms with van der Waals surface area (Å²) in [5.41, 5.74) is 3.04. The zero-order valence-corrected chi connectivity index (χ0v) is 17.9. The Kier molecular flexibility index (Phi) is 7.66. The van der Waals surface area contributed by atoms with Gasteiger partial charge in [-0.15, -0.1) is 0 Å². The van der Waals surface area contributed by atoms with E-state index in [0.717, 1.165) is 50.1 Å². The van der Waals surface area contributed by atoms with Crippen molar-refractivity contribution in [2.75, 3.05) is 39.9 Å². The number of ether oxygens (including phenoxy) is 1. The summed E-state index contributed by atoms with van der Waals surface area (Å²) in [6.45, 7) is 11.6. The highest BCUT2D eigenvalue weighted by atomic mass is 16.5. The number of rotatable bonds is 7. The van der Waals surface area contributed by atoms with E-state index in [1.165, 1.54) is 5.56 Å². The SMILES string of the molecule is CN=C(NCc1coc(-c2ccc(C)cc2)n1)NCC(C(C)C)N1CCOCC1. The molecule has 1 saturated heterocycles. The van der Waals surface area contributed by atoms with Crippen LogP contribution in [-0.2, 0) is 11.3 Å². The molecule has 0 radical (unpaired) electrons. The van der Waals surface area contributed by atoms with Crippen molar-refractivity contribution in [1.82, 2.24) is 20.5 Å². The van der Waals surface area contributed by atoms with E-state index in [1.807, 2.05) is 12.1 Å². The Balaban J connectivity index is 1.52. The van der Waals surface area contributed by atoms with Gasteiger partial charge in [0.05, 0.1) is 25.5 Å². The van der Waals surface area contributed by atoms with Crippen LogP contribution in [0.4, 0.5) is 0 Å². The Labute approximate surface area is 173 Å². The minimum absolute atomic E-state index is 0.442. The smallest absolute Gasteiger partial charge is 0.226 e. The lowest BCUT2D eigenvalue weighted by Gasteiger charge is -2.37. The summed E-state index contributed by atoms with van der Waals surface area (Å²) in [6.07, 6.45) is 1.69. The molecule has 1 unspecified atom stereocenters. The van der Waals surface area contributed by atoms with E-state index in [4.69, 9.17) is 9.15 Å². The van der Waals surface area contributed by atoms with Gasteiger partial charge >= 0.3 is 0 Å². The van der Waals surface area contributed by atoms with Crippen LogP contribution in [0.1, 0.15) is 25.1 Å². The summed E-state index contributed by atoms with van der Waals surface area (Å²) in [5, 5.41) is 6.79. The largest absolute Gasteiger partial charge is 0.444 e. The van der Waals surface area contributed by atoms with Gasteiger partial charge < -0.3 is 19.8 Å². The number of aromatic nitrogens is 1. The minimum atomic E-state index is 0.442. The molecule has 0 bridgehead atoms. The highest BCUT2D eigenvalue weighted by Crippen LogP contribution is 2.19. The van der Waals surface area contributed by atoms with Gasteiger partial charge in [0, 0.05) is 38.3 Å². The molecular weight excluding hydrogens is 366 g/mol. The number of hydrogen-bond donors (Lipinski definition) is 2. The van der Waals surface area contributed by atoms with Crippen molar-refractivity contribution >= 4 is 5.96 Å². The van der Waals surface area contributed by atoms with E-state index in [2.05, 4.69) is 58.4 Å². The van der Waals surface area contributed by atoms with Crippen LogP contribution in [0.15, 0.2) is 39.9 Å². The Morgan fingerprint density at radius 1 is 1.17 bits per heavy atom. The molecule has 2 heterocycles. The molecule has 1 aromatic heterocycles. The van der Waals surface area contributed by atoms with Crippen LogP contribution in [0.5, 0.6) is 0 Å². The first-order chi connectivity index (χ1) is 14.1. The molecule has 2 N–H and O–H groups in total. The second kappa shape index (κ2) is 10.4. The summed E-state index contributed by atoms with van der Waals surface area (Å²) in [4.78, 5) is 11.4. The van der Waals surface area contributed by atoms with Crippen LogP contribution in [0.2, 0.25) is 0 Å². The quantitative estimate of drug-likeness (QED) is 0.551. The van der Waals surface area contributed by atoms with Gasteiger partial charge in [-0.3, -0.25) is 9.89 Å². The van der Waals surface area contributed by atoms with Gasteiger partial charge in [0.25, 0.3) is 0 Å². The number of aliphatic imine (C=N–C) groups is 1. The predicted octanol–water partition coefficient (Wildman–Crippen LogP) is 2.67. The summed E-state index contributed by atoms with van der Waals surface area (Å²) in [5.74, 6) is 1.95. The lowest BCUT2D eigenvalue weighted by molar-refractivity contribution is 0.00752. The van der Waals surface area contributed by atoms with Gasteiger partial charge in [-0.1, -0.05) is 31.5 Å². The van der Waals surface area contributed by atoms with E-state index in [0.29, 0.717) is 24.4 Å². The Hall–Kier alpha value is -2.38. The van der Waals surface area contributed by atoms with E-state index in [9.17, 15) is 0 Å². The molecule has 0 aliphatic carbocycles. The number of hydrogen-bond acceptors (Lipinski definition) is 5. The first kappa shape index (κ1) is 21.3. The normalized spacial score (nSPS) is 16.8. The zero-order chi connectivity index (χ0) is 20.6. The maximum absolute atomic E-state index is 5.64. The second-order valence-corrected chi connectivity index (χ2v) is 7.78. The van der Waals surface area contributed by atoms with Crippen molar-refractivity contribution in [3.05, 3.63) is 41.8 Å². The first-order valence-electron chi connectivity index (χ1n) is 10.3. The molecule has 3 rings (SSSR count). The van der Waals surface area contributed by atoms with Crippen LogP contribution in [0.3, 0.4) is 0 Å². The second-order valence-electron chi connectivity index (χ2n) is 7.78. The van der Waals surface area contributed by atoms with Crippen LogP contribution >= 0.6 is 0 Å². The van der Waals surface area contributed by atoms with Gasteiger partial charge in [0.15, 0.2) is 5.96 Å². The third kappa shape index (κ3) is 6.05. The van der Waals surface area contributed by atoms with Crippen molar-refractivity contribution < 1.29 is 9.15 Å². The fourth-order valence-corrected chi connectivity index (χ4v) is 3.51. The molecule has 0 amide bonds. The van der Waals surface area contributed by atoms with Crippen LogP contribution < -0.4 is 10.6 Å². The maximum atomic E-state index is 5.64. The number of morpholine rings is 1. The number of nitrogens with zero attached hydrogens (tertiary/aromatic N) is 3. The summed E-state index contributed by atoms with van der Waals surface area (Å²) in [6, 6.07) is 8.61. The van der Waals surface area contributed by atoms with E-state index in [-0.39, 0.29) is 0 Å². The molecule has 29 heavy (non-hydrogen) atoms. The monoisotopic (exact) mass is 399 g/mol. The summed E-state index contributed by atoms with van der Waals surface area (Å²) in [7, 11) is 1.79. The summed E-state index contributed by atoms with van der Waals surface area (Å²) >= 11 is 0. The Morgan fingerprint density at radius 3 is 2.55 bits per heavy atom. The number of nitrogens with one attached hydrogen (secondary N) is 2. The van der Waals surface area contributed by atoms with Crippen LogP contribution in [0, 0.1) is 12.8 Å². The zero-order valence-electron chi connectivity index (χ0n) is 17.9. The molecule has 1 aromatic carbocycles. The fraction of sp³-hybridized carbons (Fsp3) is 0.545. The average Bonchev–Trinajstić information content (AvgIpc) is 3.20. The minimum Gasteiger partial charge on any atom is -0.444 e. The third-order valence-electron chi connectivity index (χ3n) is 5.27.